The van der Waals surface area contributed by atoms with Crippen molar-refractivity contribution in [3.05, 3.63) is 89.1 Å². The Labute approximate surface area is 167 Å². The fourth-order valence-electron chi connectivity index (χ4n) is 3.61. The van der Waals surface area contributed by atoms with Gasteiger partial charge in [-0.2, -0.15) is 5.26 Å². The number of aromatic carboxylic acids is 1. The molecule has 1 heterocycles. The zero-order valence-electron chi connectivity index (χ0n) is 15.8. The summed E-state index contributed by atoms with van der Waals surface area (Å²) in [7, 11) is 1.52. The number of fused-ring (bicyclic) bond motifs is 1. The van der Waals surface area contributed by atoms with E-state index >= 15 is 0 Å². The molecule has 0 saturated heterocycles. The van der Waals surface area contributed by atoms with Gasteiger partial charge in [-0.3, -0.25) is 0 Å². The molecule has 5 heteroatoms. The zero-order valence-corrected chi connectivity index (χ0v) is 15.8. The van der Waals surface area contributed by atoms with Crippen LogP contribution in [0.15, 0.2) is 66.9 Å². The van der Waals surface area contributed by atoms with Crippen molar-refractivity contribution in [2.45, 2.75) is 6.42 Å². The first-order valence-electron chi connectivity index (χ1n) is 9.10. The van der Waals surface area contributed by atoms with Gasteiger partial charge in [0, 0.05) is 23.5 Å². The third-order valence-electron chi connectivity index (χ3n) is 5.04. The van der Waals surface area contributed by atoms with Crippen LogP contribution in [0, 0.1) is 11.3 Å². The second kappa shape index (κ2) is 7.53. The van der Waals surface area contributed by atoms with Crippen molar-refractivity contribution in [2.24, 2.45) is 0 Å². The number of ether oxygens (including phenoxy) is 1. The highest BCUT2D eigenvalue weighted by atomic mass is 16.5. The van der Waals surface area contributed by atoms with Crippen LogP contribution in [0.5, 0.6) is 5.75 Å². The molecule has 142 valence electrons. The monoisotopic (exact) mass is 382 g/mol. The van der Waals surface area contributed by atoms with Crippen LogP contribution in [0.3, 0.4) is 0 Å². The molecule has 0 amide bonds. The van der Waals surface area contributed by atoms with Gasteiger partial charge in [0.25, 0.3) is 0 Å². The van der Waals surface area contributed by atoms with Crippen molar-refractivity contribution < 1.29 is 14.6 Å². The Morgan fingerprint density at radius 3 is 2.66 bits per heavy atom. The number of hydrogen-bond donors (Lipinski definition) is 2. The van der Waals surface area contributed by atoms with E-state index in [2.05, 4.69) is 11.1 Å². The summed E-state index contributed by atoms with van der Waals surface area (Å²) in [6, 6.07) is 20.6. The zero-order chi connectivity index (χ0) is 20.4. The summed E-state index contributed by atoms with van der Waals surface area (Å²) in [5, 5.41) is 19.8. The molecule has 3 aromatic carbocycles. The van der Waals surface area contributed by atoms with Gasteiger partial charge in [-0.05, 0) is 52.6 Å². The number of aromatic nitrogens is 1. The van der Waals surface area contributed by atoms with Crippen molar-refractivity contribution in [3.8, 4) is 22.9 Å². The fraction of sp³-hybridized carbons (Fsp3) is 0.0833. The number of carboxylic acid groups (broad SMARTS) is 1. The molecule has 0 unspecified atom stereocenters. The number of rotatable bonds is 5. The van der Waals surface area contributed by atoms with E-state index in [0.29, 0.717) is 23.3 Å². The van der Waals surface area contributed by atoms with E-state index in [4.69, 9.17) is 10.00 Å². The summed E-state index contributed by atoms with van der Waals surface area (Å²) in [5.41, 5.74) is 5.35. The quantitative estimate of drug-likeness (QED) is 0.508. The first-order valence-corrected chi connectivity index (χ1v) is 9.10. The standard InChI is InChI=1S/C24H18N2O3/c1-29-18-7-9-21(22(12-18)24(27)28)19-5-3-2-4-16(19)11-17-14-26-23-10-15(13-25)6-8-20(17)23/h2-10,12,14,26H,11H2,1H3,(H,27,28). The van der Waals surface area contributed by atoms with Crippen LogP contribution in [-0.4, -0.2) is 23.2 Å². The summed E-state index contributed by atoms with van der Waals surface area (Å²) in [6.45, 7) is 0. The highest BCUT2D eigenvalue weighted by Gasteiger charge is 2.16. The van der Waals surface area contributed by atoms with Gasteiger partial charge in [0.2, 0.25) is 0 Å². The lowest BCUT2D eigenvalue weighted by Gasteiger charge is -2.13. The molecule has 29 heavy (non-hydrogen) atoms. The van der Waals surface area contributed by atoms with E-state index in [9.17, 15) is 9.90 Å². The number of benzene rings is 3. The summed E-state index contributed by atoms with van der Waals surface area (Å²) in [4.78, 5) is 15.1. The van der Waals surface area contributed by atoms with E-state index in [1.165, 1.54) is 7.11 Å². The Balaban J connectivity index is 1.80. The van der Waals surface area contributed by atoms with Gasteiger partial charge in [0.05, 0.1) is 24.3 Å². The van der Waals surface area contributed by atoms with Crippen molar-refractivity contribution >= 4 is 16.9 Å². The largest absolute Gasteiger partial charge is 0.497 e. The number of aromatic amines is 1. The lowest BCUT2D eigenvalue weighted by molar-refractivity contribution is 0.0697. The van der Waals surface area contributed by atoms with E-state index in [1.54, 1.807) is 24.3 Å². The van der Waals surface area contributed by atoms with Gasteiger partial charge >= 0.3 is 5.97 Å². The molecule has 0 radical (unpaired) electrons. The molecule has 0 fully saturated rings. The van der Waals surface area contributed by atoms with Crippen LogP contribution < -0.4 is 4.74 Å². The third kappa shape index (κ3) is 3.44. The van der Waals surface area contributed by atoms with Crippen LogP contribution in [-0.2, 0) is 6.42 Å². The van der Waals surface area contributed by atoms with Crippen molar-refractivity contribution in [3.63, 3.8) is 0 Å². The van der Waals surface area contributed by atoms with Crippen LogP contribution in [0.4, 0.5) is 0 Å². The average molecular weight is 382 g/mol. The van der Waals surface area contributed by atoms with Crippen LogP contribution in [0.1, 0.15) is 27.0 Å². The molecular formula is C24H18N2O3. The molecule has 0 atom stereocenters. The maximum Gasteiger partial charge on any atom is 0.336 e. The first-order chi connectivity index (χ1) is 14.1. The minimum Gasteiger partial charge on any atom is -0.497 e. The average Bonchev–Trinajstić information content (AvgIpc) is 3.15. The van der Waals surface area contributed by atoms with Crippen molar-refractivity contribution in [1.29, 1.82) is 5.26 Å². The van der Waals surface area contributed by atoms with Crippen LogP contribution >= 0.6 is 0 Å². The van der Waals surface area contributed by atoms with Gasteiger partial charge in [0.15, 0.2) is 0 Å². The summed E-state index contributed by atoms with van der Waals surface area (Å²) < 4.78 is 5.19. The van der Waals surface area contributed by atoms with Crippen molar-refractivity contribution in [1.82, 2.24) is 4.98 Å². The van der Waals surface area contributed by atoms with Gasteiger partial charge in [-0.15, -0.1) is 0 Å². The number of nitrogens with one attached hydrogen (secondary N) is 1. The molecule has 5 nitrogen and oxygen atoms in total. The van der Waals surface area contributed by atoms with Crippen LogP contribution in [0.25, 0.3) is 22.0 Å². The van der Waals surface area contributed by atoms with Gasteiger partial charge < -0.3 is 14.8 Å². The molecule has 2 N–H and O–H groups in total. The van der Waals surface area contributed by atoms with Gasteiger partial charge in [-0.25, -0.2) is 4.79 Å². The van der Waals surface area contributed by atoms with Gasteiger partial charge in [0.1, 0.15) is 5.75 Å². The molecule has 0 aliphatic carbocycles. The molecule has 0 bridgehead atoms. The summed E-state index contributed by atoms with van der Waals surface area (Å²) in [6.07, 6.45) is 2.57. The number of methoxy groups -OCH3 is 1. The van der Waals surface area contributed by atoms with Gasteiger partial charge in [-0.1, -0.05) is 30.3 Å². The van der Waals surface area contributed by atoms with E-state index in [1.807, 2.05) is 42.6 Å². The maximum atomic E-state index is 11.8. The highest BCUT2D eigenvalue weighted by molar-refractivity contribution is 5.97. The number of nitriles is 1. The smallest absolute Gasteiger partial charge is 0.336 e. The van der Waals surface area contributed by atoms with E-state index < -0.39 is 5.97 Å². The third-order valence-corrected chi connectivity index (χ3v) is 5.04. The highest BCUT2D eigenvalue weighted by Crippen LogP contribution is 2.32. The second-order valence-corrected chi connectivity index (χ2v) is 6.74. The van der Waals surface area contributed by atoms with E-state index in [0.717, 1.165) is 27.6 Å². The molecule has 4 aromatic rings. The second-order valence-electron chi connectivity index (χ2n) is 6.74. The SMILES string of the molecule is COc1ccc(-c2ccccc2Cc2c[nH]c3cc(C#N)ccc23)c(C(=O)O)c1. The number of H-pyrrole nitrogens is 1. The Morgan fingerprint density at radius 1 is 1.07 bits per heavy atom. The lowest BCUT2D eigenvalue weighted by atomic mass is 9.92. The molecule has 0 aliphatic heterocycles. The maximum absolute atomic E-state index is 11.8. The van der Waals surface area contributed by atoms with Crippen molar-refractivity contribution in [2.75, 3.05) is 7.11 Å². The predicted molar refractivity (Wildman–Crippen MR) is 111 cm³/mol. The summed E-state index contributed by atoms with van der Waals surface area (Å²) in [5.74, 6) is -0.488. The topological polar surface area (TPSA) is 86.1 Å². The minimum atomic E-state index is -0.996. The van der Waals surface area contributed by atoms with E-state index in [-0.39, 0.29) is 5.56 Å². The molecular weight excluding hydrogens is 364 g/mol. The lowest BCUT2D eigenvalue weighted by Crippen LogP contribution is -2.02. The minimum absolute atomic E-state index is 0.203. The molecule has 1 aromatic heterocycles. The number of carboxylic acids is 1. The summed E-state index contributed by atoms with van der Waals surface area (Å²) >= 11 is 0. The predicted octanol–water partition coefficient (Wildman–Crippen LogP) is 5.00. The Hall–Kier alpha value is -4.04. The number of nitrogens with zero attached hydrogens (tertiary/aromatic N) is 1. The number of carbonyl (C=O) groups is 1. The Bertz CT molecular complexity index is 1260. The molecule has 0 saturated carbocycles. The Kier molecular flexibility index (Phi) is 4.76. The molecule has 0 aliphatic rings. The normalized spacial score (nSPS) is 10.6. The molecule has 4 rings (SSSR count). The fourth-order valence-corrected chi connectivity index (χ4v) is 3.61. The first kappa shape index (κ1) is 18.3. The van der Waals surface area contributed by atoms with Crippen LogP contribution in [0.2, 0.25) is 0 Å². The molecule has 0 spiro atoms. The number of hydrogen-bond acceptors (Lipinski definition) is 3. The Morgan fingerprint density at radius 2 is 1.90 bits per heavy atom.